The van der Waals surface area contributed by atoms with Gasteiger partial charge in [-0.25, -0.2) is 9.97 Å². The van der Waals surface area contributed by atoms with Crippen molar-refractivity contribution in [1.29, 1.82) is 0 Å². The van der Waals surface area contributed by atoms with Crippen LogP contribution in [-0.2, 0) is 17.8 Å². The highest BCUT2D eigenvalue weighted by atomic mass is 35.5. The molecular formula is C22H23ClN4O2S. The number of amides is 1. The second kappa shape index (κ2) is 10.2. The monoisotopic (exact) mass is 442 g/mol. The molecule has 2 aromatic carbocycles. The highest BCUT2D eigenvalue weighted by Gasteiger charge is 2.20. The summed E-state index contributed by atoms with van der Waals surface area (Å²) in [5.41, 5.74) is 1.87. The first-order chi connectivity index (χ1) is 14.2. The molecule has 30 heavy (non-hydrogen) atoms. The summed E-state index contributed by atoms with van der Waals surface area (Å²) in [7, 11) is 1.65. The smallest absolute Gasteiger partial charge is 0.233 e. The Labute approximate surface area is 185 Å². The zero-order valence-corrected chi connectivity index (χ0v) is 18.2. The van der Waals surface area contributed by atoms with Crippen molar-refractivity contribution in [1.82, 2.24) is 14.5 Å². The van der Waals surface area contributed by atoms with Crippen LogP contribution in [0.15, 0.2) is 67.3 Å². The van der Waals surface area contributed by atoms with Crippen molar-refractivity contribution in [3.05, 3.63) is 72.8 Å². The van der Waals surface area contributed by atoms with Crippen molar-refractivity contribution >= 4 is 45.0 Å². The number of halogens is 1. The number of nitrogens with zero attached hydrogens (tertiary/aromatic N) is 4. The van der Waals surface area contributed by atoms with Crippen LogP contribution in [0.5, 0.6) is 5.75 Å². The lowest BCUT2D eigenvalue weighted by molar-refractivity contribution is -0.118. The average molecular weight is 443 g/mol. The number of aryl methyl sites for hydroxylation is 1. The van der Waals surface area contributed by atoms with Crippen LogP contribution in [0.25, 0.3) is 10.2 Å². The van der Waals surface area contributed by atoms with E-state index in [1.54, 1.807) is 24.5 Å². The van der Waals surface area contributed by atoms with Gasteiger partial charge in [-0.3, -0.25) is 9.69 Å². The standard InChI is InChI=1S/C22H22N4O2S.ClH/c1-28-18-8-9-19-20(15-18)29-22(24-19)26(12-5-11-25-13-10-23-16-25)21(27)14-17-6-3-2-4-7-17;/h2-4,6-10,13,15-16H,5,11-12,14H2,1H3;1H. The Morgan fingerprint density at radius 3 is 2.77 bits per heavy atom. The molecule has 2 heterocycles. The van der Waals surface area contributed by atoms with Gasteiger partial charge >= 0.3 is 0 Å². The zero-order valence-electron chi connectivity index (χ0n) is 16.6. The summed E-state index contributed by atoms with van der Waals surface area (Å²) in [5.74, 6) is 0.836. The maximum Gasteiger partial charge on any atom is 0.233 e. The number of aromatic nitrogens is 3. The number of benzene rings is 2. The Kier molecular flexibility index (Phi) is 7.43. The van der Waals surface area contributed by atoms with Gasteiger partial charge in [0, 0.05) is 25.5 Å². The molecule has 0 fully saturated rings. The largest absolute Gasteiger partial charge is 0.497 e. The summed E-state index contributed by atoms with van der Waals surface area (Å²) in [4.78, 5) is 23.8. The topological polar surface area (TPSA) is 60.2 Å². The highest BCUT2D eigenvalue weighted by Crippen LogP contribution is 2.32. The summed E-state index contributed by atoms with van der Waals surface area (Å²) in [6.45, 7) is 1.40. The number of carbonyl (C=O) groups is 1. The molecule has 4 rings (SSSR count). The van der Waals surface area contributed by atoms with E-state index < -0.39 is 0 Å². The van der Waals surface area contributed by atoms with Gasteiger partial charge in [0.2, 0.25) is 5.91 Å². The van der Waals surface area contributed by atoms with Crippen LogP contribution in [0.4, 0.5) is 5.13 Å². The van der Waals surface area contributed by atoms with Gasteiger partial charge in [0.1, 0.15) is 5.75 Å². The predicted molar refractivity (Wildman–Crippen MR) is 123 cm³/mol. The molecule has 4 aromatic rings. The van der Waals surface area contributed by atoms with Crippen LogP contribution < -0.4 is 9.64 Å². The molecule has 6 nitrogen and oxygen atoms in total. The maximum atomic E-state index is 13.2. The molecule has 1 amide bonds. The molecule has 2 aromatic heterocycles. The molecule has 0 spiro atoms. The molecule has 0 aliphatic heterocycles. The van der Waals surface area contributed by atoms with Gasteiger partial charge in [-0.2, -0.15) is 0 Å². The minimum absolute atomic E-state index is 0. The van der Waals surface area contributed by atoms with E-state index in [1.807, 2.05) is 59.3 Å². The van der Waals surface area contributed by atoms with E-state index in [2.05, 4.69) is 4.98 Å². The van der Waals surface area contributed by atoms with Crippen molar-refractivity contribution in [3.8, 4) is 5.75 Å². The third kappa shape index (κ3) is 5.17. The Morgan fingerprint density at radius 2 is 2.03 bits per heavy atom. The fourth-order valence-electron chi connectivity index (χ4n) is 3.16. The van der Waals surface area contributed by atoms with Gasteiger partial charge in [-0.1, -0.05) is 41.7 Å². The Bertz CT molecular complexity index is 1080. The van der Waals surface area contributed by atoms with Gasteiger partial charge in [0.25, 0.3) is 0 Å². The molecule has 0 unspecified atom stereocenters. The third-order valence-corrected chi connectivity index (χ3v) is 5.71. The van der Waals surface area contributed by atoms with Crippen molar-refractivity contribution in [2.24, 2.45) is 0 Å². The number of imidazole rings is 1. The first kappa shape index (κ1) is 21.8. The quantitative estimate of drug-likeness (QED) is 0.400. The van der Waals surface area contributed by atoms with Crippen molar-refractivity contribution in [3.63, 3.8) is 0 Å². The lowest BCUT2D eigenvalue weighted by Crippen LogP contribution is -2.33. The number of thiazole rings is 1. The number of hydrogen-bond acceptors (Lipinski definition) is 5. The van der Waals surface area contributed by atoms with Crippen LogP contribution in [-0.4, -0.2) is 34.1 Å². The molecule has 0 atom stereocenters. The van der Waals surface area contributed by atoms with E-state index in [1.165, 1.54) is 11.3 Å². The Morgan fingerprint density at radius 1 is 1.20 bits per heavy atom. The fraction of sp³-hybridized carbons (Fsp3) is 0.227. The second-order valence-electron chi connectivity index (χ2n) is 6.69. The van der Waals surface area contributed by atoms with E-state index in [0.717, 1.165) is 39.6 Å². The van der Waals surface area contributed by atoms with Gasteiger partial charge < -0.3 is 9.30 Å². The average Bonchev–Trinajstić information content (AvgIpc) is 3.40. The van der Waals surface area contributed by atoms with Gasteiger partial charge in [-0.15, -0.1) is 12.4 Å². The predicted octanol–water partition coefficient (Wildman–Crippen LogP) is 4.59. The summed E-state index contributed by atoms with van der Waals surface area (Å²) in [6, 6.07) is 15.6. The molecule has 8 heteroatoms. The fourth-order valence-corrected chi connectivity index (χ4v) is 4.20. The van der Waals surface area contributed by atoms with Gasteiger partial charge in [-0.05, 0) is 30.2 Å². The zero-order chi connectivity index (χ0) is 20.1. The van der Waals surface area contributed by atoms with Gasteiger partial charge in [0.15, 0.2) is 5.13 Å². The van der Waals surface area contributed by atoms with E-state index in [4.69, 9.17) is 9.72 Å². The first-order valence-electron chi connectivity index (χ1n) is 9.47. The van der Waals surface area contributed by atoms with Crippen LogP contribution in [0.1, 0.15) is 12.0 Å². The normalized spacial score (nSPS) is 10.6. The molecule has 156 valence electrons. The van der Waals surface area contributed by atoms with E-state index in [-0.39, 0.29) is 18.3 Å². The molecule has 0 saturated heterocycles. The molecule has 0 radical (unpaired) electrons. The molecule has 0 aliphatic rings. The van der Waals surface area contributed by atoms with Crippen LogP contribution in [0, 0.1) is 0 Å². The first-order valence-corrected chi connectivity index (χ1v) is 10.3. The van der Waals surface area contributed by atoms with Crippen molar-refractivity contribution < 1.29 is 9.53 Å². The van der Waals surface area contributed by atoms with Crippen LogP contribution >= 0.6 is 23.7 Å². The Balaban J connectivity index is 0.00000256. The summed E-state index contributed by atoms with van der Waals surface area (Å²) in [6.07, 6.45) is 6.65. The Hall–Kier alpha value is -2.90. The van der Waals surface area contributed by atoms with Crippen molar-refractivity contribution in [2.45, 2.75) is 19.4 Å². The minimum Gasteiger partial charge on any atom is -0.497 e. The SMILES string of the molecule is COc1ccc2nc(N(CCCn3ccnc3)C(=O)Cc3ccccc3)sc2c1.Cl. The molecular weight excluding hydrogens is 420 g/mol. The van der Waals surface area contributed by atoms with Crippen LogP contribution in [0.2, 0.25) is 0 Å². The lowest BCUT2D eigenvalue weighted by Gasteiger charge is -2.20. The number of ether oxygens (including phenoxy) is 1. The van der Waals surface area contributed by atoms with Gasteiger partial charge in [0.05, 0.1) is 30.1 Å². The number of methoxy groups -OCH3 is 1. The molecule has 0 aliphatic carbocycles. The summed E-state index contributed by atoms with van der Waals surface area (Å²) >= 11 is 1.52. The van der Waals surface area contributed by atoms with Crippen molar-refractivity contribution in [2.75, 3.05) is 18.6 Å². The van der Waals surface area contributed by atoms with E-state index >= 15 is 0 Å². The number of hydrogen-bond donors (Lipinski definition) is 0. The number of rotatable bonds is 8. The second-order valence-corrected chi connectivity index (χ2v) is 7.70. The summed E-state index contributed by atoms with van der Waals surface area (Å²) < 4.78 is 8.34. The maximum absolute atomic E-state index is 13.2. The molecule has 0 bridgehead atoms. The van der Waals surface area contributed by atoms with E-state index in [9.17, 15) is 4.79 Å². The number of anilines is 1. The molecule has 0 saturated carbocycles. The minimum atomic E-state index is 0. The molecule has 0 N–H and O–H groups in total. The number of carbonyl (C=O) groups excluding carboxylic acids is 1. The summed E-state index contributed by atoms with van der Waals surface area (Å²) in [5, 5.41) is 0.722. The van der Waals surface area contributed by atoms with Crippen LogP contribution in [0.3, 0.4) is 0 Å². The number of fused-ring (bicyclic) bond motifs is 1. The highest BCUT2D eigenvalue weighted by molar-refractivity contribution is 7.22. The third-order valence-electron chi connectivity index (χ3n) is 4.67. The van der Waals surface area contributed by atoms with E-state index in [0.29, 0.717) is 13.0 Å². The lowest BCUT2D eigenvalue weighted by atomic mass is 10.1.